The highest BCUT2D eigenvalue weighted by Gasteiger charge is 2.13. The van der Waals surface area contributed by atoms with Crippen LogP contribution in [-0.4, -0.2) is 17.7 Å². The van der Waals surface area contributed by atoms with Crippen molar-refractivity contribution in [1.29, 1.82) is 0 Å². The Bertz CT molecular complexity index is 593. The first-order valence-corrected chi connectivity index (χ1v) is 6.84. The Morgan fingerprint density at radius 2 is 1.86 bits per heavy atom. The highest BCUT2D eigenvalue weighted by molar-refractivity contribution is 5.74. The molecule has 110 valence electrons. The molecule has 0 fully saturated rings. The van der Waals surface area contributed by atoms with E-state index in [4.69, 9.17) is 9.47 Å². The van der Waals surface area contributed by atoms with E-state index >= 15 is 0 Å². The van der Waals surface area contributed by atoms with Crippen molar-refractivity contribution in [3.63, 3.8) is 0 Å². The zero-order valence-corrected chi connectivity index (χ0v) is 11.9. The number of rotatable bonds is 6. The second-order valence-corrected chi connectivity index (χ2v) is 4.52. The van der Waals surface area contributed by atoms with Crippen LogP contribution in [0.15, 0.2) is 48.5 Å². The molecule has 4 heteroatoms. The number of esters is 1. The lowest BCUT2D eigenvalue weighted by Gasteiger charge is -2.13. The Hall–Kier alpha value is -2.49. The normalized spacial score (nSPS) is 10.1. The molecule has 21 heavy (non-hydrogen) atoms. The van der Waals surface area contributed by atoms with Crippen LogP contribution in [0.1, 0.15) is 18.1 Å². The third-order valence-corrected chi connectivity index (χ3v) is 2.94. The summed E-state index contributed by atoms with van der Waals surface area (Å²) < 4.78 is 10.6. The Labute approximate surface area is 123 Å². The van der Waals surface area contributed by atoms with Crippen molar-refractivity contribution in [2.75, 3.05) is 6.61 Å². The highest BCUT2D eigenvalue weighted by Crippen LogP contribution is 2.31. The summed E-state index contributed by atoms with van der Waals surface area (Å²) in [6, 6.07) is 14.6. The first-order chi connectivity index (χ1) is 10.2. The van der Waals surface area contributed by atoms with Gasteiger partial charge in [0.25, 0.3) is 0 Å². The molecule has 0 amide bonds. The third kappa shape index (κ3) is 4.24. The lowest BCUT2D eigenvalue weighted by atomic mass is 10.1. The van der Waals surface area contributed by atoms with E-state index in [1.54, 1.807) is 19.1 Å². The van der Waals surface area contributed by atoms with Gasteiger partial charge in [-0.05, 0) is 18.6 Å². The summed E-state index contributed by atoms with van der Waals surface area (Å²) in [6.07, 6.45) is 0.0758. The van der Waals surface area contributed by atoms with Crippen molar-refractivity contribution < 1.29 is 19.4 Å². The van der Waals surface area contributed by atoms with E-state index in [0.717, 1.165) is 5.56 Å². The van der Waals surface area contributed by atoms with Crippen LogP contribution in [0.25, 0.3) is 0 Å². The molecule has 4 nitrogen and oxygen atoms in total. The van der Waals surface area contributed by atoms with Gasteiger partial charge in [0, 0.05) is 5.56 Å². The summed E-state index contributed by atoms with van der Waals surface area (Å²) in [4.78, 5) is 11.6. The lowest BCUT2D eigenvalue weighted by Crippen LogP contribution is -2.09. The number of benzene rings is 2. The van der Waals surface area contributed by atoms with Gasteiger partial charge in [-0.15, -0.1) is 0 Å². The predicted molar refractivity (Wildman–Crippen MR) is 79.2 cm³/mol. The van der Waals surface area contributed by atoms with Crippen molar-refractivity contribution in [2.24, 2.45) is 0 Å². The van der Waals surface area contributed by atoms with E-state index in [1.165, 1.54) is 6.07 Å². The molecule has 2 rings (SSSR count). The van der Waals surface area contributed by atoms with Crippen LogP contribution in [0.4, 0.5) is 0 Å². The van der Waals surface area contributed by atoms with Gasteiger partial charge >= 0.3 is 5.97 Å². The van der Waals surface area contributed by atoms with Crippen molar-refractivity contribution in [3.8, 4) is 11.5 Å². The molecule has 0 heterocycles. The van der Waals surface area contributed by atoms with Crippen LogP contribution < -0.4 is 4.74 Å². The number of phenolic OH excluding ortho intramolecular Hbond substituents is 1. The van der Waals surface area contributed by atoms with Gasteiger partial charge in [-0.3, -0.25) is 4.79 Å². The molecule has 2 aromatic carbocycles. The number of hydrogen-bond acceptors (Lipinski definition) is 4. The molecule has 0 spiro atoms. The van der Waals surface area contributed by atoms with Gasteiger partial charge in [0.05, 0.1) is 13.0 Å². The average Bonchev–Trinajstić information content (AvgIpc) is 2.48. The lowest BCUT2D eigenvalue weighted by molar-refractivity contribution is -0.142. The number of aromatic hydroxyl groups is 1. The number of ether oxygens (including phenoxy) is 2. The summed E-state index contributed by atoms with van der Waals surface area (Å²) in [5.41, 5.74) is 1.60. The minimum Gasteiger partial charge on any atom is -0.504 e. The molecule has 0 aliphatic heterocycles. The molecule has 0 aromatic heterocycles. The Morgan fingerprint density at radius 3 is 2.57 bits per heavy atom. The van der Waals surface area contributed by atoms with Crippen molar-refractivity contribution >= 4 is 5.97 Å². The van der Waals surface area contributed by atoms with Crippen LogP contribution in [0.3, 0.4) is 0 Å². The van der Waals surface area contributed by atoms with E-state index in [1.807, 2.05) is 30.3 Å². The number of carbonyl (C=O) groups excluding carboxylic acids is 1. The summed E-state index contributed by atoms with van der Waals surface area (Å²) in [5.74, 6) is 0.00907. The molecule has 0 bridgehead atoms. The summed E-state index contributed by atoms with van der Waals surface area (Å²) >= 11 is 0. The van der Waals surface area contributed by atoms with Crippen LogP contribution >= 0.6 is 0 Å². The second-order valence-electron chi connectivity index (χ2n) is 4.52. The molecule has 0 radical (unpaired) electrons. The van der Waals surface area contributed by atoms with E-state index < -0.39 is 0 Å². The molecular formula is C17H18O4. The quantitative estimate of drug-likeness (QED) is 0.829. The van der Waals surface area contributed by atoms with Crippen LogP contribution in [0.2, 0.25) is 0 Å². The molecule has 0 saturated carbocycles. The smallest absolute Gasteiger partial charge is 0.310 e. The minimum atomic E-state index is -0.340. The molecular weight excluding hydrogens is 268 g/mol. The Balaban J connectivity index is 2.12. The van der Waals surface area contributed by atoms with Gasteiger partial charge in [-0.25, -0.2) is 0 Å². The molecule has 1 N–H and O–H groups in total. The maximum atomic E-state index is 11.6. The number of carbonyl (C=O) groups is 1. The van der Waals surface area contributed by atoms with Gasteiger partial charge in [-0.1, -0.05) is 42.5 Å². The maximum absolute atomic E-state index is 11.6. The molecule has 0 aliphatic rings. The molecule has 0 aliphatic carbocycles. The minimum absolute atomic E-state index is 0.0210. The Morgan fingerprint density at radius 1 is 1.10 bits per heavy atom. The Kier molecular flexibility index (Phi) is 5.21. The summed E-state index contributed by atoms with van der Waals surface area (Å²) in [7, 11) is 0. The molecule has 2 aromatic rings. The van der Waals surface area contributed by atoms with Crippen molar-refractivity contribution in [2.45, 2.75) is 20.0 Å². The highest BCUT2D eigenvalue weighted by atomic mass is 16.5. The monoisotopic (exact) mass is 286 g/mol. The average molecular weight is 286 g/mol. The fraction of sp³-hybridized carbons (Fsp3) is 0.235. The topological polar surface area (TPSA) is 55.8 Å². The van der Waals surface area contributed by atoms with Gasteiger partial charge < -0.3 is 14.6 Å². The van der Waals surface area contributed by atoms with Crippen LogP contribution in [0, 0.1) is 0 Å². The molecule has 0 atom stereocenters. The first kappa shape index (κ1) is 14.9. The SMILES string of the molecule is CCOC(=O)Cc1cccc(O)c1OCc1ccccc1. The van der Waals surface area contributed by atoms with Crippen LogP contribution in [-0.2, 0) is 22.6 Å². The van der Waals surface area contributed by atoms with Crippen molar-refractivity contribution in [3.05, 3.63) is 59.7 Å². The van der Waals surface area contributed by atoms with Crippen LogP contribution in [0.5, 0.6) is 11.5 Å². The van der Waals surface area contributed by atoms with Gasteiger partial charge in [0.15, 0.2) is 11.5 Å². The third-order valence-electron chi connectivity index (χ3n) is 2.94. The van der Waals surface area contributed by atoms with Gasteiger partial charge in [-0.2, -0.15) is 0 Å². The summed E-state index contributed by atoms with van der Waals surface area (Å²) in [6.45, 7) is 2.42. The molecule has 0 unspecified atom stereocenters. The fourth-order valence-corrected chi connectivity index (χ4v) is 1.97. The van der Waals surface area contributed by atoms with E-state index in [2.05, 4.69) is 0 Å². The zero-order valence-electron chi connectivity index (χ0n) is 11.9. The zero-order chi connectivity index (χ0) is 15.1. The number of hydrogen-bond donors (Lipinski definition) is 1. The predicted octanol–water partition coefficient (Wildman–Crippen LogP) is 3.08. The molecule has 0 saturated heterocycles. The number of para-hydroxylation sites is 1. The fourth-order valence-electron chi connectivity index (χ4n) is 1.97. The largest absolute Gasteiger partial charge is 0.504 e. The maximum Gasteiger partial charge on any atom is 0.310 e. The standard InChI is InChI=1S/C17H18O4/c1-2-20-16(19)11-14-9-6-10-15(18)17(14)21-12-13-7-4-3-5-8-13/h3-10,18H,2,11-12H2,1H3. The van der Waals surface area contributed by atoms with E-state index in [-0.39, 0.29) is 18.1 Å². The van der Waals surface area contributed by atoms with Gasteiger partial charge in [0.1, 0.15) is 6.61 Å². The van der Waals surface area contributed by atoms with E-state index in [0.29, 0.717) is 24.5 Å². The van der Waals surface area contributed by atoms with E-state index in [9.17, 15) is 9.90 Å². The second kappa shape index (κ2) is 7.33. The van der Waals surface area contributed by atoms with Gasteiger partial charge in [0.2, 0.25) is 0 Å². The van der Waals surface area contributed by atoms with Crippen molar-refractivity contribution in [1.82, 2.24) is 0 Å². The summed E-state index contributed by atoms with van der Waals surface area (Å²) in [5, 5.41) is 9.94. The number of phenols is 1. The first-order valence-electron chi connectivity index (χ1n) is 6.84.